The molecule has 0 aliphatic rings. The lowest BCUT2D eigenvalue weighted by atomic mass is 10.1. The molecule has 5 nitrogen and oxygen atoms in total. The number of rotatable bonds is 4. The van der Waals surface area contributed by atoms with Gasteiger partial charge in [0, 0.05) is 24.7 Å². The summed E-state index contributed by atoms with van der Waals surface area (Å²) >= 11 is 0. The number of benzene rings is 2. The fourth-order valence-corrected chi connectivity index (χ4v) is 1.89. The molecule has 0 bridgehead atoms. The van der Waals surface area contributed by atoms with Crippen molar-refractivity contribution in [2.24, 2.45) is 0 Å². The molecule has 0 saturated carbocycles. The Morgan fingerprint density at radius 1 is 1.24 bits per heavy atom. The Kier molecular flexibility index (Phi) is 4.13. The molecular formula is C16H14N2O3. The first-order chi connectivity index (χ1) is 10.0. The SMILES string of the molecule is C=Cc1ccc(C(=O)N(C)c2cccc([N+](=O)[O-])c2)cc1. The van der Waals surface area contributed by atoms with Gasteiger partial charge in [0.1, 0.15) is 0 Å². The van der Waals surface area contributed by atoms with Gasteiger partial charge in [-0.1, -0.05) is 30.9 Å². The van der Waals surface area contributed by atoms with Crippen LogP contribution < -0.4 is 4.90 Å². The summed E-state index contributed by atoms with van der Waals surface area (Å²) in [7, 11) is 1.59. The average molecular weight is 282 g/mol. The molecule has 0 aliphatic heterocycles. The minimum atomic E-state index is -0.485. The zero-order valence-corrected chi connectivity index (χ0v) is 11.5. The topological polar surface area (TPSA) is 63.5 Å². The Morgan fingerprint density at radius 3 is 2.48 bits per heavy atom. The van der Waals surface area contributed by atoms with Crippen LogP contribution in [0, 0.1) is 10.1 Å². The minimum Gasteiger partial charge on any atom is -0.311 e. The van der Waals surface area contributed by atoms with Gasteiger partial charge in [-0.3, -0.25) is 14.9 Å². The Hall–Kier alpha value is -2.95. The zero-order chi connectivity index (χ0) is 15.4. The lowest BCUT2D eigenvalue weighted by Gasteiger charge is -2.17. The van der Waals surface area contributed by atoms with Crippen LogP contribution >= 0.6 is 0 Å². The number of nitro benzene ring substituents is 1. The van der Waals surface area contributed by atoms with Gasteiger partial charge in [0.15, 0.2) is 0 Å². The maximum Gasteiger partial charge on any atom is 0.271 e. The first-order valence-electron chi connectivity index (χ1n) is 6.28. The third-order valence-electron chi connectivity index (χ3n) is 3.13. The molecule has 0 N–H and O–H groups in total. The molecular weight excluding hydrogens is 268 g/mol. The van der Waals surface area contributed by atoms with Crippen molar-refractivity contribution >= 4 is 23.4 Å². The normalized spacial score (nSPS) is 9.95. The fraction of sp³-hybridized carbons (Fsp3) is 0.0625. The van der Waals surface area contributed by atoms with Gasteiger partial charge in [-0.2, -0.15) is 0 Å². The van der Waals surface area contributed by atoms with E-state index in [4.69, 9.17) is 0 Å². The smallest absolute Gasteiger partial charge is 0.271 e. The maximum absolute atomic E-state index is 12.4. The molecule has 0 fully saturated rings. The molecule has 5 heteroatoms. The predicted octanol–water partition coefficient (Wildman–Crippen LogP) is 3.51. The molecule has 0 atom stereocenters. The van der Waals surface area contributed by atoms with Crippen molar-refractivity contribution in [3.63, 3.8) is 0 Å². The molecule has 106 valence electrons. The molecule has 1 amide bonds. The number of nitro groups is 1. The van der Waals surface area contributed by atoms with Crippen LogP contribution in [0.4, 0.5) is 11.4 Å². The Labute approximate surface area is 122 Å². The van der Waals surface area contributed by atoms with Crippen LogP contribution in [0.5, 0.6) is 0 Å². The number of anilines is 1. The van der Waals surface area contributed by atoms with Gasteiger partial charge in [-0.25, -0.2) is 0 Å². The van der Waals surface area contributed by atoms with E-state index in [0.29, 0.717) is 11.3 Å². The van der Waals surface area contributed by atoms with Gasteiger partial charge in [0.05, 0.1) is 10.6 Å². The highest BCUT2D eigenvalue weighted by molar-refractivity contribution is 6.05. The van der Waals surface area contributed by atoms with Crippen LogP contribution in [0.3, 0.4) is 0 Å². The number of carbonyl (C=O) groups excluding carboxylic acids is 1. The van der Waals surface area contributed by atoms with Crippen molar-refractivity contribution in [1.29, 1.82) is 0 Å². The zero-order valence-electron chi connectivity index (χ0n) is 11.5. The van der Waals surface area contributed by atoms with E-state index in [-0.39, 0.29) is 11.6 Å². The molecule has 0 unspecified atom stereocenters. The lowest BCUT2D eigenvalue weighted by Crippen LogP contribution is -2.26. The molecule has 0 radical (unpaired) electrons. The number of nitrogens with zero attached hydrogens (tertiary/aromatic N) is 2. The Morgan fingerprint density at radius 2 is 1.90 bits per heavy atom. The number of amides is 1. The summed E-state index contributed by atoms with van der Waals surface area (Å²) in [6, 6.07) is 13.0. The number of hydrogen-bond acceptors (Lipinski definition) is 3. The van der Waals surface area contributed by atoms with E-state index >= 15 is 0 Å². The summed E-state index contributed by atoms with van der Waals surface area (Å²) in [5.41, 5.74) is 1.86. The van der Waals surface area contributed by atoms with E-state index in [1.165, 1.54) is 17.0 Å². The van der Waals surface area contributed by atoms with Crippen molar-refractivity contribution in [2.45, 2.75) is 0 Å². The maximum atomic E-state index is 12.4. The summed E-state index contributed by atoms with van der Waals surface area (Å²) in [5.74, 6) is -0.230. The van der Waals surface area contributed by atoms with E-state index in [1.807, 2.05) is 0 Å². The molecule has 0 heterocycles. The molecule has 0 aromatic heterocycles. The second kappa shape index (κ2) is 6.00. The van der Waals surface area contributed by atoms with Crippen LogP contribution in [0.25, 0.3) is 6.08 Å². The van der Waals surface area contributed by atoms with E-state index in [2.05, 4.69) is 6.58 Å². The highest BCUT2D eigenvalue weighted by atomic mass is 16.6. The second-order valence-corrected chi connectivity index (χ2v) is 4.47. The molecule has 2 aromatic carbocycles. The summed E-state index contributed by atoms with van der Waals surface area (Å²) in [4.78, 5) is 24.0. The second-order valence-electron chi connectivity index (χ2n) is 4.47. The highest BCUT2D eigenvalue weighted by Gasteiger charge is 2.15. The van der Waals surface area contributed by atoms with Crippen LogP contribution in [-0.2, 0) is 0 Å². The summed E-state index contributed by atoms with van der Waals surface area (Å²) in [5, 5.41) is 10.8. The monoisotopic (exact) mass is 282 g/mol. The van der Waals surface area contributed by atoms with Gasteiger partial charge in [-0.15, -0.1) is 0 Å². The minimum absolute atomic E-state index is 0.0471. The highest BCUT2D eigenvalue weighted by Crippen LogP contribution is 2.21. The van der Waals surface area contributed by atoms with E-state index in [0.717, 1.165) is 5.56 Å². The first-order valence-corrected chi connectivity index (χ1v) is 6.28. The summed E-state index contributed by atoms with van der Waals surface area (Å²) in [6.45, 7) is 3.66. The third-order valence-corrected chi connectivity index (χ3v) is 3.13. The number of carbonyl (C=O) groups is 1. The quantitative estimate of drug-likeness (QED) is 0.636. The van der Waals surface area contributed by atoms with Gasteiger partial charge < -0.3 is 4.90 Å². The van der Waals surface area contributed by atoms with Gasteiger partial charge >= 0.3 is 0 Å². The number of hydrogen-bond donors (Lipinski definition) is 0. The largest absolute Gasteiger partial charge is 0.311 e. The summed E-state index contributed by atoms with van der Waals surface area (Å²) in [6.07, 6.45) is 1.69. The third kappa shape index (κ3) is 3.14. The van der Waals surface area contributed by atoms with Crippen molar-refractivity contribution in [1.82, 2.24) is 0 Å². The molecule has 2 aromatic rings. The standard InChI is InChI=1S/C16H14N2O3/c1-3-12-7-9-13(10-8-12)16(19)17(2)14-5-4-6-15(11-14)18(20)21/h3-11H,1H2,2H3. The van der Waals surface area contributed by atoms with Crippen LogP contribution in [0.15, 0.2) is 55.1 Å². The molecule has 21 heavy (non-hydrogen) atoms. The predicted molar refractivity (Wildman–Crippen MR) is 82.4 cm³/mol. The Bertz CT molecular complexity index is 693. The van der Waals surface area contributed by atoms with Crippen LogP contribution in [-0.4, -0.2) is 17.9 Å². The van der Waals surface area contributed by atoms with E-state index < -0.39 is 4.92 Å². The van der Waals surface area contributed by atoms with E-state index in [9.17, 15) is 14.9 Å². The van der Waals surface area contributed by atoms with Crippen LogP contribution in [0.1, 0.15) is 15.9 Å². The van der Waals surface area contributed by atoms with Gasteiger partial charge in [-0.05, 0) is 23.8 Å². The average Bonchev–Trinajstić information content (AvgIpc) is 2.53. The van der Waals surface area contributed by atoms with Gasteiger partial charge in [0.2, 0.25) is 0 Å². The molecule has 0 saturated heterocycles. The Balaban J connectivity index is 2.27. The van der Waals surface area contributed by atoms with Crippen LogP contribution in [0.2, 0.25) is 0 Å². The van der Waals surface area contributed by atoms with Crippen molar-refractivity contribution in [3.05, 3.63) is 76.4 Å². The first kappa shape index (κ1) is 14.5. The lowest BCUT2D eigenvalue weighted by molar-refractivity contribution is -0.384. The van der Waals surface area contributed by atoms with Gasteiger partial charge in [0.25, 0.3) is 11.6 Å². The van der Waals surface area contributed by atoms with Crippen molar-refractivity contribution in [3.8, 4) is 0 Å². The van der Waals surface area contributed by atoms with Crippen molar-refractivity contribution in [2.75, 3.05) is 11.9 Å². The van der Waals surface area contributed by atoms with Crippen molar-refractivity contribution < 1.29 is 9.72 Å². The van der Waals surface area contributed by atoms with E-state index in [1.54, 1.807) is 49.5 Å². The molecule has 0 aliphatic carbocycles. The fourth-order valence-electron chi connectivity index (χ4n) is 1.89. The summed E-state index contributed by atoms with van der Waals surface area (Å²) < 4.78 is 0. The number of non-ortho nitro benzene ring substituents is 1. The molecule has 0 spiro atoms. The molecule has 2 rings (SSSR count).